The molecular formula is C8H14O2. The van der Waals surface area contributed by atoms with Gasteiger partial charge in [-0.1, -0.05) is 13.8 Å². The third-order valence-electron chi connectivity index (χ3n) is 1.79. The van der Waals surface area contributed by atoms with Gasteiger partial charge in [0.05, 0.1) is 6.10 Å². The van der Waals surface area contributed by atoms with Gasteiger partial charge in [-0.15, -0.1) is 0 Å². The fraction of sp³-hybridized carbons (Fsp3) is 0.875. The van der Waals surface area contributed by atoms with Crippen molar-refractivity contribution in [3.8, 4) is 0 Å². The summed E-state index contributed by atoms with van der Waals surface area (Å²) in [6.07, 6.45) is 0.609. The second-order valence-electron chi connectivity index (χ2n) is 3.28. The Morgan fingerprint density at radius 1 is 1.60 bits per heavy atom. The van der Waals surface area contributed by atoms with Gasteiger partial charge in [0.25, 0.3) is 0 Å². The first kappa shape index (κ1) is 7.73. The second kappa shape index (κ2) is 2.70. The van der Waals surface area contributed by atoms with Crippen LogP contribution in [0.2, 0.25) is 0 Å². The minimum atomic E-state index is -0.130. The van der Waals surface area contributed by atoms with Gasteiger partial charge in [0.1, 0.15) is 6.10 Å². The summed E-state index contributed by atoms with van der Waals surface area (Å²) in [5, 5.41) is 0. The Balaban J connectivity index is 2.55. The Morgan fingerprint density at radius 3 is 2.40 bits per heavy atom. The van der Waals surface area contributed by atoms with E-state index in [1.807, 2.05) is 20.8 Å². The SMILES string of the molecule is CC1CC(=O)C(C(C)C)O1. The molecule has 58 valence electrons. The van der Waals surface area contributed by atoms with Crippen LogP contribution in [-0.2, 0) is 9.53 Å². The molecule has 1 heterocycles. The number of rotatable bonds is 1. The molecule has 0 aliphatic carbocycles. The van der Waals surface area contributed by atoms with Gasteiger partial charge >= 0.3 is 0 Å². The molecule has 1 aliphatic heterocycles. The van der Waals surface area contributed by atoms with Gasteiger partial charge in [-0.05, 0) is 12.8 Å². The zero-order chi connectivity index (χ0) is 7.72. The number of hydrogen-bond donors (Lipinski definition) is 0. The highest BCUT2D eigenvalue weighted by molar-refractivity contribution is 5.85. The maximum absolute atomic E-state index is 11.1. The standard InChI is InChI=1S/C8H14O2/c1-5(2)8-7(9)4-6(3)10-8/h5-6,8H,4H2,1-3H3. The molecule has 0 amide bonds. The summed E-state index contributed by atoms with van der Waals surface area (Å²) >= 11 is 0. The van der Waals surface area contributed by atoms with Crippen molar-refractivity contribution < 1.29 is 9.53 Å². The van der Waals surface area contributed by atoms with Crippen molar-refractivity contribution in [3.63, 3.8) is 0 Å². The lowest BCUT2D eigenvalue weighted by molar-refractivity contribution is -0.124. The molecule has 2 nitrogen and oxygen atoms in total. The molecule has 0 aromatic rings. The Hall–Kier alpha value is -0.370. The summed E-state index contributed by atoms with van der Waals surface area (Å²) in [4.78, 5) is 11.1. The van der Waals surface area contributed by atoms with E-state index < -0.39 is 0 Å². The van der Waals surface area contributed by atoms with Crippen LogP contribution in [0.3, 0.4) is 0 Å². The summed E-state index contributed by atoms with van der Waals surface area (Å²) in [5.41, 5.74) is 0. The molecule has 0 spiro atoms. The van der Waals surface area contributed by atoms with Crippen LogP contribution in [0, 0.1) is 5.92 Å². The van der Waals surface area contributed by atoms with Crippen molar-refractivity contribution in [1.82, 2.24) is 0 Å². The number of ether oxygens (including phenoxy) is 1. The minimum absolute atomic E-state index is 0.130. The second-order valence-corrected chi connectivity index (χ2v) is 3.28. The molecule has 1 saturated heterocycles. The van der Waals surface area contributed by atoms with Crippen molar-refractivity contribution in [3.05, 3.63) is 0 Å². The number of carbonyl (C=O) groups is 1. The van der Waals surface area contributed by atoms with Crippen molar-refractivity contribution >= 4 is 5.78 Å². The van der Waals surface area contributed by atoms with Gasteiger partial charge in [-0.25, -0.2) is 0 Å². The molecule has 0 N–H and O–H groups in total. The highest BCUT2D eigenvalue weighted by atomic mass is 16.5. The van der Waals surface area contributed by atoms with Gasteiger partial charge < -0.3 is 4.74 Å². The van der Waals surface area contributed by atoms with E-state index >= 15 is 0 Å². The van der Waals surface area contributed by atoms with Gasteiger partial charge in [0.2, 0.25) is 0 Å². The Morgan fingerprint density at radius 2 is 2.20 bits per heavy atom. The highest BCUT2D eigenvalue weighted by Gasteiger charge is 2.32. The van der Waals surface area contributed by atoms with Crippen LogP contribution in [0.5, 0.6) is 0 Å². The van der Waals surface area contributed by atoms with Crippen LogP contribution >= 0.6 is 0 Å². The molecule has 2 unspecified atom stereocenters. The first-order chi connectivity index (χ1) is 4.61. The summed E-state index contributed by atoms with van der Waals surface area (Å²) in [6, 6.07) is 0. The monoisotopic (exact) mass is 142 g/mol. The Labute approximate surface area is 61.6 Å². The van der Waals surface area contributed by atoms with Gasteiger partial charge in [-0.2, -0.15) is 0 Å². The minimum Gasteiger partial charge on any atom is -0.367 e. The van der Waals surface area contributed by atoms with E-state index in [4.69, 9.17) is 4.74 Å². The quantitative estimate of drug-likeness (QED) is 0.553. The van der Waals surface area contributed by atoms with E-state index in [-0.39, 0.29) is 18.0 Å². The van der Waals surface area contributed by atoms with E-state index in [2.05, 4.69) is 0 Å². The molecular weight excluding hydrogens is 128 g/mol. The molecule has 0 aromatic heterocycles. The molecule has 0 radical (unpaired) electrons. The lowest BCUT2D eigenvalue weighted by Crippen LogP contribution is -2.22. The fourth-order valence-corrected chi connectivity index (χ4v) is 1.30. The van der Waals surface area contributed by atoms with E-state index in [1.165, 1.54) is 0 Å². The largest absolute Gasteiger partial charge is 0.367 e. The molecule has 10 heavy (non-hydrogen) atoms. The number of carbonyl (C=O) groups excluding carboxylic acids is 1. The summed E-state index contributed by atoms with van der Waals surface area (Å²) in [7, 11) is 0. The zero-order valence-electron chi connectivity index (χ0n) is 6.76. The molecule has 2 heteroatoms. The molecule has 0 saturated carbocycles. The lowest BCUT2D eigenvalue weighted by atomic mass is 10.0. The van der Waals surface area contributed by atoms with E-state index in [0.29, 0.717) is 12.3 Å². The number of hydrogen-bond acceptors (Lipinski definition) is 2. The summed E-state index contributed by atoms with van der Waals surface area (Å²) in [5.74, 6) is 0.597. The van der Waals surface area contributed by atoms with Crippen molar-refractivity contribution in [2.24, 2.45) is 5.92 Å². The Kier molecular flexibility index (Phi) is 2.09. The molecule has 1 rings (SSSR count). The third kappa shape index (κ3) is 1.37. The third-order valence-corrected chi connectivity index (χ3v) is 1.79. The van der Waals surface area contributed by atoms with Crippen LogP contribution < -0.4 is 0 Å². The smallest absolute Gasteiger partial charge is 0.164 e. The van der Waals surface area contributed by atoms with E-state index in [9.17, 15) is 4.79 Å². The Bertz CT molecular complexity index is 140. The molecule has 1 aliphatic rings. The normalized spacial score (nSPS) is 33.8. The number of Topliss-reactive ketones (excluding diaryl/α,β-unsaturated/α-hetero) is 1. The van der Waals surface area contributed by atoms with Gasteiger partial charge in [0.15, 0.2) is 5.78 Å². The van der Waals surface area contributed by atoms with Crippen LogP contribution in [0.1, 0.15) is 27.2 Å². The predicted octanol–water partition coefficient (Wildman–Crippen LogP) is 1.39. The topological polar surface area (TPSA) is 26.3 Å². The van der Waals surface area contributed by atoms with E-state index in [1.54, 1.807) is 0 Å². The fourth-order valence-electron chi connectivity index (χ4n) is 1.30. The molecule has 0 aromatic carbocycles. The lowest BCUT2D eigenvalue weighted by Gasteiger charge is -2.12. The maximum Gasteiger partial charge on any atom is 0.164 e. The predicted molar refractivity (Wildman–Crippen MR) is 38.8 cm³/mol. The van der Waals surface area contributed by atoms with Crippen molar-refractivity contribution in [2.45, 2.75) is 39.4 Å². The highest BCUT2D eigenvalue weighted by Crippen LogP contribution is 2.21. The van der Waals surface area contributed by atoms with Gasteiger partial charge in [-0.3, -0.25) is 4.79 Å². The maximum atomic E-state index is 11.1. The van der Waals surface area contributed by atoms with Crippen molar-refractivity contribution in [2.75, 3.05) is 0 Å². The molecule has 0 bridgehead atoms. The van der Waals surface area contributed by atoms with E-state index in [0.717, 1.165) is 0 Å². The first-order valence-corrected chi connectivity index (χ1v) is 3.79. The van der Waals surface area contributed by atoms with Crippen molar-refractivity contribution in [1.29, 1.82) is 0 Å². The average molecular weight is 142 g/mol. The number of ketones is 1. The van der Waals surface area contributed by atoms with Crippen LogP contribution in [0.4, 0.5) is 0 Å². The van der Waals surface area contributed by atoms with Crippen LogP contribution in [-0.4, -0.2) is 18.0 Å². The van der Waals surface area contributed by atoms with Gasteiger partial charge in [0, 0.05) is 6.42 Å². The molecule has 2 atom stereocenters. The summed E-state index contributed by atoms with van der Waals surface area (Å²) < 4.78 is 5.39. The zero-order valence-corrected chi connectivity index (χ0v) is 6.76. The average Bonchev–Trinajstić information content (AvgIpc) is 2.10. The summed E-state index contributed by atoms with van der Waals surface area (Å²) in [6.45, 7) is 5.97. The van der Waals surface area contributed by atoms with Crippen LogP contribution in [0.15, 0.2) is 0 Å². The van der Waals surface area contributed by atoms with Crippen LogP contribution in [0.25, 0.3) is 0 Å². The first-order valence-electron chi connectivity index (χ1n) is 3.79. The molecule has 1 fully saturated rings.